The number of rotatable bonds is 6. The van der Waals surface area contributed by atoms with Crippen LogP contribution in [0.5, 0.6) is 0 Å². The van der Waals surface area contributed by atoms with Crippen LogP contribution in [0.15, 0.2) is 46.5 Å². The monoisotopic (exact) mass is 522 g/mol. The molecule has 2 N–H and O–H groups in total. The Morgan fingerprint density at radius 1 is 1.34 bits per heavy atom. The van der Waals surface area contributed by atoms with Crippen molar-refractivity contribution in [1.82, 2.24) is 19.0 Å². The molecule has 1 aromatic carbocycles. The van der Waals surface area contributed by atoms with Gasteiger partial charge in [0.25, 0.3) is 0 Å². The van der Waals surface area contributed by atoms with Crippen LogP contribution in [0, 0.1) is 0 Å². The fourth-order valence-electron chi connectivity index (χ4n) is 4.45. The molecule has 1 saturated heterocycles. The molecule has 0 radical (unpaired) electrons. The molecule has 4 rings (SSSR count). The third-order valence-corrected chi connectivity index (χ3v) is 6.86. The van der Waals surface area contributed by atoms with Crippen LogP contribution in [-0.4, -0.2) is 77.6 Å². The number of carbonyl (C=O) groups is 1. The Morgan fingerprint density at radius 3 is 2.78 bits per heavy atom. The molecule has 172 valence electrons. The van der Waals surface area contributed by atoms with Crippen molar-refractivity contribution in [2.45, 2.75) is 25.3 Å². The first-order valence-corrected chi connectivity index (χ1v) is 11.8. The molecule has 8 nitrogen and oxygen atoms in total. The average Bonchev–Trinajstić information content (AvgIpc) is 3.23. The number of hydrogen-bond acceptors (Lipinski definition) is 6. The topological polar surface area (TPSA) is 74.6 Å². The van der Waals surface area contributed by atoms with E-state index in [1.807, 2.05) is 42.6 Å². The lowest BCUT2D eigenvalue weighted by atomic mass is 10.00. The van der Waals surface area contributed by atoms with Crippen LogP contribution in [-0.2, 0) is 6.42 Å². The van der Waals surface area contributed by atoms with E-state index in [0.29, 0.717) is 11.7 Å². The van der Waals surface area contributed by atoms with E-state index in [4.69, 9.17) is 11.6 Å². The van der Waals surface area contributed by atoms with E-state index in [1.165, 1.54) is 0 Å². The zero-order valence-corrected chi connectivity index (χ0v) is 20.6. The average molecular weight is 524 g/mol. The van der Waals surface area contributed by atoms with Crippen molar-refractivity contribution in [2.24, 2.45) is 4.99 Å². The molecule has 32 heavy (non-hydrogen) atoms. The largest absolute Gasteiger partial charge is 0.465 e. The highest BCUT2D eigenvalue weighted by atomic mass is 79.9. The predicted molar refractivity (Wildman–Crippen MR) is 131 cm³/mol. The van der Waals surface area contributed by atoms with Gasteiger partial charge >= 0.3 is 6.09 Å². The third-order valence-electron chi connectivity index (χ3n) is 6.04. The number of carboxylic acid groups (broad SMARTS) is 1. The Bertz CT molecular complexity index is 971. The molecular weight excluding hydrogens is 496 g/mol. The highest BCUT2D eigenvalue weighted by Crippen LogP contribution is 2.33. The Labute approximate surface area is 202 Å². The van der Waals surface area contributed by atoms with Crippen molar-refractivity contribution in [3.63, 3.8) is 0 Å². The van der Waals surface area contributed by atoms with Crippen molar-refractivity contribution < 1.29 is 9.90 Å². The molecular formula is C22H28BrClN6O2. The number of benzene rings is 1. The summed E-state index contributed by atoms with van der Waals surface area (Å²) in [7, 11) is 4.02. The number of halogens is 2. The standard InChI is InChI=1S/C22H28BrClN6O2/c1-27(2)8-5-15-11-16(24)3-4-20(15)30(22(31)32)17-6-9-28(10-7-17)21-18-12-25-13-19(18)26-14-29(21)23/h3-4,11-13,17,26H,5-10,14H2,1-2H3,(H,31,32). The molecule has 1 aromatic rings. The smallest absolute Gasteiger partial charge is 0.412 e. The highest BCUT2D eigenvalue weighted by Gasteiger charge is 2.34. The maximum absolute atomic E-state index is 12.4. The molecule has 1 amide bonds. The van der Waals surface area contributed by atoms with Gasteiger partial charge in [-0.1, -0.05) is 11.6 Å². The summed E-state index contributed by atoms with van der Waals surface area (Å²) in [6.45, 7) is 2.99. The number of allylic oxidation sites excluding steroid dienone is 1. The number of nitrogens with zero attached hydrogens (tertiary/aromatic N) is 5. The highest BCUT2D eigenvalue weighted by molar-refractivity contribution is 9.07. The number of anilines is 1. The van der Waals surface area contributed by atoms with Crippen molar-refractivity contribution in [3.05, 3.63) is 52.1 Å². The summed E-state index contributed by atoms with van der Waals surface area (Å²) >= 11 is 9.88. The normalized spacial score (nSPS) is 18.7. The Balaban J connectivity index is 1.54. The number of amides is 1. The van der Waals surface area contributed by atoms with E-state index in [-0.39, 0.29) is 6.04 Å². The summed E-state index contributed by atoms with van der Waals surface area (Å²) in [6, 6.07) is 5.42. The first-order valence-electron chi connectivity index (χ1n) is 10.7. The Morgan fingerprint density at radius 2 is 2.09 bits per heavy atom. The molecule has 0 atom stereocenters. The maximum Gasteiger partial charge on any atom is 0.412 e. The summed E-state index contributed by atoms with van der Waals surface area (Å²) in [6.07, 6.45) is 5.00. The first kappa shape index (κ1) is 22.9. The number of nitrogens with one attached hydrogen (secondary N) is 1. The Hall–Kier alpha value is -2.23. The van der Waals surface area contributed by atoms with Crippen LogP contribution in [0.3, 0.4) is 0 Å². The van der Waals surface area contributed by atoms with Crippen LogP contribution in [0.25, 0.3) is 0 Å². The number of likely N-dealkylation sites (N-methyl/N-ethyl adjacent to an activating group) is 1. The second kappa shape index (κ2) is 9.72. The molecule has 3 heterocycles. The van der Waals surface area contributed by atoms with Crippen molar-refractivity contribution in [3.8, 4) is 0 Å². The van der Waals surface area contributed by atoms with Crippen LogP contribution < -0.4 is 10.2 Å². The minimum absolute atomic E-state index is 0.0913. The van der Waals surface area contributed by atoms with Crippen LogP contribution in [0.4, 0.5) is 10.5 Å². The van der Waals surface area contributed by atoms with Crippen LogP contribution in [0.2, 0.25) is 5.02 Å². The lowest BCUT2D eigenvalue weighted by Crippen LogP contribution is -2.50. The molecule has 10 heteroatoms. The fourth-order valence-corrected chi connectivity index (χ4v) is 5.19. The van der Waals surface area contributed by atoms with Gasteiger partial charge in [-0.15, -0.1) is 0 Å². The van der Waals surface area contributed by atoms with Crippen molar-refractivity contribution in [2.75, 3.05) is 45.3 Å². The maximum atomic E-state index is 12.4. The summed E-state index contributed by atoms with van der Waals surface area (Å²) in [4.78, 5) is 22.6. The number of aliphatic imine (C=N–C) groups is 1. The van der Waals surface area contributed by atoms with Gasteiger partial charge in [-0.25, -0.2) is 4.79 Å². The molecule has 3 aliphatic heterocycles. The van der Waals surface area contributed by atoms with Gasteiger partial charge in [0.2, 0.25) is 0 Å². The molecule has 0 bridgehead atoms. The predicted octanol–water partition coefficient (Wildman–Crippen LogP) is 3.70. The molecule has 0 saturated carbocycles. The zero-order chi connectivity index (χ0) is 22.8. The van der Waals surface area contributed by atoms with Crippen LogP contribution in [0.1, 0.15) is 18.4 Å². The van der Waals surface area contributed by atoms with E-state index >= 15 is 0 Å². The molecule has 0 aromatic heterocycles. The summed E-state index contributed by atoms with van der Waals surface area (Å²) in [5.41, 5.74) is 3.78. The van der Waals surface area contributed by atoms with E-state index in [9.17, 15) is 9.90 Å². The van der Waals surface area contributed by atoms with Crippen molar-refractivity contribution in [1.29, 1.82) is 0 Å². The van der Waals surface area contributed by atoms with Crippen molar-refractivity contribution >= 4 is 45.7 Å². The molecule has 1 fully saturated rings. The number of hydrogen-bond donors (Lipinski definition) is 2. The van der Waals surface area contributed by atoms with Gasteiger partial charge < -0.3 is 20.2 Å². The van der Waals surface area contributed by atoms with E-state index in [2.05, 4.69) is 36.3 Å². The SMILES string of the molecule is CN(C)CCc1cc(Cl)ccc1N(C(=O)O)C1CCN(C2=C3C=NC=C3NCN2Br)CC1. The second-order valence-corrected chi connectivity index (χ2v) is 9.74. The minimum atomic E-state index is -0.920. The lowest BCUT2D eigenvalue weighted by Gasteiger charge is -2.42. The molecule has 0 unspecified atom stereocenters. The molecule has 3 aliphatic rings. The van der Waals surface area contributed by atoms with Gasteiger partial charge in [0, 0.05) is 36.9 Å². The lowest BCUT2D eigenvalue weighted by molar-refractivity contribution is 0.184. The quantitative estimate of drug-likeness (QED) is 0.554. The minimum Gasteiger partial charge on any atom is -0.465 e. The van der Waals surface area contributed by atoms with Gasteiger partial charge in [0.15, 0.2) is 0 Å². The number of piperidine rings is 1. The summed E-state index contributed by atoms with van der Waals surface area (Å²) < 4.78 is 2.00. The fraction of sp³-hybridized carbons (Fsp3) is 0.455. The van der Waals surface area contributed by atoms with Gasteiger partial charge in [-0.2, -0.15) is 0 Å². The number of likely N-dealkylation sites (tertiary alicyclic amines) is 1. The second-order valence-electron chi connectivity index (χ2n) is 8.45. The number of fused-ring (bicyclic) bond motifs is 1. The molecule has 0 aliphatic carbocycles. The molecule has 0 spiro atoms. The summed E-state index contributed by atoms with van der Waals surface area (Å²) in [5.74, 6) is 1.08. The van der Waals surface area contributed by atoms with E-state index in [1.54, 1.807) is 11.0 Å². The first-order chi connectivity index (χ1) is 15.3. The van der Waals surface area contributed by atoms with Gasteiger partial charge in [0.1, 0.15) is 12.5 Å². The van der Waals surface area contributed by atoms with Gasteiger partial charge in [-0.3, -0.25) is 13.8 Å². The third kappa shape index (κ3) is 4.74. The van der Waals surface area contributed by atoms with E-state index in [0.717, 1.165) is 67.2 Å². The summed E-state index contributed by atoms with van der Waals surface area (Å²) in [5, 5.41) is 14.1. The zero-order valence-electron chi connectivity index (χ0n) is 18.3. The van der Waals surface area contributed by atoms with Crippen LogP contribution >= 0.6 is 27.7 Å². The van der Waals surface area contributed by atoms with Gasteiger partial charge in [-0.05, 0) is 57.1 Å². The Kier molecular flexibility index (Phi) is 6.97. The van der Waals surface area contributed by atoms with Gasteiger partial charge in [0.05, 0.1) is 39.3 Å². The van der Waals surface area contributed by atoms with E-state index < -0.39 is 6.09 Å².